The van der Waals surface area contributed by atoms with Crippen molar-refractivity contribution >= 4 is 5.69 Å². The monoisotopic (exact) mass is 372 g/mol. The van der Waals surface area contributed by atoms with Crippen molar-refractivity contribution < 1.29 is 4.74 Å². The van der Waals surface area contributed by atoms with Crippen molar-refractivity contribution in [2.24, 2.45) is 0 Å². The van der Waals surface area contributed by atoms with Crippen LogP contribution in [-0.4, -0.2) is 37.7 Å². The maximum Gasteiger partial charge on any atom is 0.119 e. The van der Waals surface area contributed by atoms with Gasteiger partial charge in [-0.1, -0.05) is 60.7 Å². The summed E-state index contributed by atoms with van der Waals surface area (Å²) >= 11 is 0. The summed E-state index contributed by atoms with van der Waals surface area (Å²) in [6, 6.07) is 29.8. The summed E-state index contributed by atoms with van der Waals surface area (Å²) in [5, 5.41) is 0. The summed E-state index contributed by atoms with van der Waals surface area (Å²) in [6.45, 7) is 6.16. The maximum atomic E-state index is 5.80. The third-order valence-corrected chi connectivity index (χ3v) is 5.33. The molecule has 0 aliphatic carbocycles. The number of rotatable bonds is 7. The first-order valence-corrected chi connectivity index (χ1v) is 10.1. The minimum atomic E-state index is 0.713. The Balaban J connectivity index is 1.21. The Hall–Kier alpha value is -2.78. The lowest BCUT2D eigenvalue weighted by atomic mass is 10.1. The van der Waals surface area contributed by atoms with Crippen LogP contribution in [0.2, 0.25) is 0 Å². The van der Waals surface area contributed by atoms with Crippen LogP contribution in [0.1, 0.15) is 11.1 Å². The predicted molar refractivity (Wildman–Crippen MR) is 116 cm³/mol. The molecule has 1 fully saturated rings. The fourth-order valence-electron chi connectivity index (χ4n) is 3.68. The van der Waals surface area contributed by atoms with Crippen LogP contribution in [0.15, 0.2) is 84.9 Å². The zero-order valence-corrected chi connectivity index (χ0v) is 16.3. The van der Waals surface area contributed by atoms with Crippen LogP contribution >= 0.6 is 0 Å². The Labute approximate surface area is 168 Å². The average molecular weight is 373 g/mol. The SMILES string of the molecule is c1ccc(OCCc2ccc(CN3CCN(c4ccccc4)CC3)cc2)cc1. The first kappa shape index (κ1) is 18.6. The third kappa shape index (κ3) is 5.14. The molecule has 1 aliphatic heterocycles. The zero-order chi connectivity index (χ0) is 19.0. The molecule has 0 atom stereocenters. The summed E-state index contributed by atoms with van der Waals surface area (Å²) in [7, 11) is 0. The first-order valence-electron chi connectivity index (χ1n) is 10.1. The number of hydrogen-bond acceptors (Lipinski definition) is 3. The molecule has 0 bridgehead atoms. The van der Waals surface area contributed by atoms with E-state index in [0.29, 0.717) is 6.61 Å². The lowest BCUT2D eigenvalue weighted by molar-refractivity contribution is 0.250. The van der Waals surface area contributed by atoms with Gasteiger partial charge in [-0.25, -0.2) is 0 Å². The Morgan fingerprint density at radius 2 is 1.25 bits per heavy atom. The zero-order valence-electron chi connectivity index (χ0n) is 16.3. The fourth-order valence-corrected chi connectivity index (χ4v) is 3.68. The summed E-state index contributed by atoms with van der Waals surface area (Å²) in [5.41, 5.74) is 4.05. The van der Waals surface area contributed by atoms with E-state index in [0.717, 1.165) is 44.9 Å². The number of benzene rings is 3. The molecular weight excluding hydrogens is 344 g/mol. The second kappa shape index (κ2) is 9.43. The van der Waals surface area contributed by atoms with Gasteiger partial charge in [0.1, 0.15) is 5.75 Å². The molecule has 1 saturated heterocycles. The van der Waals surface area contributed by atoms with E-state index in [1.54, 1.807) is 0 Å². The number of nitrogens with zero attached hydrogens (tertiary/aromatic N) is 2. The van der Waals surface area contributed by atoms with E-state index in [4.69, 9.17) is 4.74 Å². The van der Waals surface area contributed by atoms with Crippen LogP contribution in [0.25, 0.3) is 0 Å². The van der Waals surface area contributed by atoms with Gasteiger partial charge in [0.25, 0.3) is 0 Å². The number of piperazine rings is 1. The average Bonchev–Trinajstić information content (AvgIpc) is 2.77. The maximum absolute atomic E-state index is 5.80. The number of para-hydroxylation sites is 2. The quantitative estimate of drug-likeness (QED) is 0.601. The normalized spacial score (nSPS) is 14.8. The Morgan fingerprint density at radius 3 is 1.93 bits per heavy atom. The van der Waals surface area contributed by atoms with Gasteiger partial charge < -0.3 is 9.64 Å². The van der Waals surface area contributed by atoms with Gasteiger partial charge in [-0.15, -0.1) is 0 Å². The lowest BCUT2D eigenvalue weighted by Crippen LogP contribution is -2.45. The number of hydrogen-bond donors (Lipinski definition) is 0. The van der Waals surface area contributed by atoms with Crippen LogP contribution in [0, 0.1) is 0 Å². The fraction of sp³-hybridized carbons (Fsp3) is 0.280. The van der Waals surface area contributed by atoms with Gasteiger partial charge >= 0.3 is 0 Å². The van der Waals surface area contributed by atoms with Gasteiger partial charge in [-0.2, -0.15) is 0 Å². The van der Waals surface area contributed by atoms with E-state index in [-0.39, 0.29) is 0 Å². The summed E-state index contributed by atoms with van der Waals surface area (Å²) in [6.07, 6.45) is 0.935. The van der Waals surface area contributed by atoms with Gasteiger partial charge in [-0.05, 0) is 35.4 Å². The van der Waals surface area contributed by atoms with Crippen molar-refractivity contribution in [2.75, 3.05) is 37.7 Å². The summed E-state index contributed by atoms with van der Waals surface area (Å²) in [5.74, 6) is 0.939. The highest BCUT2D eigenvalue weighted by atomic mass is 16.5. The molecular formula is C25H28N2O. The van der Waals surface area contributed by atoms with Gasteiger partial charge in [0.2, 0.25) is 0 Å². The highest BCUT2D eigenvalue weighted by Gasteiger charge is 2.17. The van der Waals surface area contributed by atoms with Crippen LogP contribution in [0.5, 0.6) is 5.75 Å². The van der Waals surface area contributed by atoms with Crippen molar-refractivity contribution in [2.45, 2.75) is 13.0 Å². The molecule has 0 radical (unpaired) electrons. The molecule has 0 aromatic heterocycles. The molecule has 144 valence electrons. The van der Waals surface area contributed by atoms with E-state index in [1.807, 2.05) is 30.3 Å². The minimum absolute atomic E-state index is 0.713. The molecule has 3 heteroatoms. The number of anilines is 1. The van der Waals surface area contributed by atoms with E-state index in [1.165, 1.54) is 16.8 Å². The molecule has 0 spiro atoms. The molecule has 4 rings (SSSR count). The van der Waals surface area contributed by atoms with Crippen molar-refractivity contribution in [1.82, 2.24) is 4.90 Å². The molecule has 28 heavy (non-hydrogen) atoms. The minimum Gasteiger partial charge on any atom is -0.493 e. The van der Waals surface area contributed by atoms with Gasteiger partial charge in [0, 0.05) is 44.8 Å². The second-order valence-electron chi connectivity index (χ2n) is 7.33. The highest BCUT2D eigenvalue weighted by molar-refractivity contribution is 5.46. The Morgan fingerprint density at radius 1 is 0.643 bits per heavy atom. The van der Waals surface area contributed by atoms with E-state index in [9.17, 15) is 0 Å². The smallest absolute Gasteiger partial charge is 0.119 e. The molecule has 3 nitrogen and oxygen atoms in total. The van der Waals surface area contributed by atoms with Crippen LogP contribution < -0.4 is 9.64 Å². The van der Waals surface area contributed by atoms with E-state index < -0.39 is 0 Å². The molecule has 1 aliphatic rings. The standard InChI is InChI=1S/C25H28N2O/c1-3-7-24(8-4-1)27-18-16-26(17-19-27)21-23-13-11-22(12-14-23)15-20-28-25-9-5-2-6-10-25/h1-14H,15-21H2. The van der Waals surface area contributed by atoms with Crippen LogP contribution in [0.3, 0.4) is 0 Å². The van der Waals surface area contributed by atoms with Crippen molar-refractivity contribution in [1.29, 1.82) is 0 Å². The number of ether oxygens (including phenoxy) is 1. The van der Waals surface area contributed by atoms with Gasteiger partial charge in [0.05, 0.1) is 6.61 Å². The van der Waals surface area contributed by atoms with Gasteiger partial charge in [0.15, 0.2) is 0 Å². The lowest BCUT2D eigenvalue weighted by Gasteiger charge is -2.36. The summed E-state index contributed by atoms with van der Waals surface area (Å²) in [4.78, 5) is 5.03. The van der Waals surface area contributed by atoms with Gasteiger partial charge in [-0.3, -0.25) is 4.90 Å². The van der Waals surface area contributed by atoms with Crippen LogP contribution in [-0.2, 0) is 13.0 Å². The third-order valence-electron chi connectivity index (χ3n) is 5.33. The summed E-state index contributed by atoms with van der Waals surface area (Å²) < 4.78 is 5.80. The molecule has 1 heterocycles. The predicted octanol–water partition coefficient (Wildman–Crippen LogP) is 4.63. The molecule has 3 aromatic carbocycles. The molecule has 0 amide bonds. The van der Waals surface area contributed by atoms with E-state index in [2.05, 4.69) is 64.4 Å². The first-order chi connectivity index (χ1) is 13.9. The second-order valence-corrected chi connectivity index (χ2v) is 7.33. The molecule has 0 saturated carbocycles. The molecule has 0 N–H and O–H groups in total. The highest BCUT2D eigenvalue weighted by Crippen LogP contribution is 2.17. The molecule has 3 aromatic rings. The largest absolute Gasteiger partial charge is 0.493 e. The topological polar surface area (TPSA) is 15.7 Å². The van der Waals surface area contributed by atoms with Crippen molar-refractivity contribution in [3.63, 3.8) is 0 Å². The van der Waals surface area contributed by atoms with Crippen molar-refractivity contribution in [3.8, 4) is 5.75 Å². The Bertz CT molecular complexity index is 825. The van der Waals surface area contributed by atoms with E-state index >= 15 is 0 Å². The molecule has 0 unspecified atom stereocenters. The van der Waals surface area contributed by atoms with Crippen LogP contribution in [0.4, 0.5) is 5.69 Å². The van der Waals surface area contributed by atoms with Crippen molar-refractivity contribution in [3.05, 3.63) is 96.1 Å². The Kier molecular flexibility index (Phi) is 6.25.